The number of benzene rings is 3. The summed E-state index contributed by atoms with van der Waals surface area (Å²) in [5.74, 6) is -0.721. The van der Waals surface area contributed by atoms with Crippen molar-refractivity contribution in [3.8, 4) is 22.4 Å². The van der Waals surface area contributed by atoms with Gasteiger partial charge >= 0.3 is 6.18 Å². The number of H-pyrrole nitrogens is 1. The third-order valence-electron chi connectivity index (χ3n) is 5.17. The third-order valence-corrected chi connectivity index (χ3v) is 5.17. The highest BCUT2D eigenvalue weighted by atomic mass is 19.4. The molecule has 0 aliphatic rings. The number of carbonyl (C=O) groups excluding carboxylic acids is 1. The number of aromatic amines is 1. The molecule has 0 radical (unpaired) electrons. The summed E-state index contributed by atoms with van der Waals surface area (Å²) in [7, 11) is 0. The van der Waals surface area contributed by atoms with Gasteiger partial charge in [0, 0.05) is 35.5 Å². The minimum Gasteiger partial charge on any atom is -0.383 e. The molecule has 3 N–H and O–H groups in total. The van der Waals surface area contributed by atoms with Crippen LogP contribution in [0.1, 0.15) is 15.9 Å². The summed E-state index contributed by atoms with van der Waals surface area (Å²) >= 11 is 0. The lowest BCUT2D eigenvalue weighted by atomic mass is 9.99. The normalized spacial score (nSPS) is 11.3. The second-order valence-electron chi connectivity index (χ2n) is 7.47. The minimum atomic E-state index is -4.61. The molecule has 4 rings (SSSR count). The van der Waals surface area contributed by atoms with E-state index in [0.29, 0.717) is 27.9 Å². The van der Waals surface area contributed by atoms with Gasteiger partial charge in [-0.3, -0.25) is 9.89 Å². The highest BCUT2D eigenvalue weighted by Gasteiger charge is 2.34. The fourth-order valence-corrected chi connectivity index (χ4v) is 3.51. The molecule has 34 heavy (non-hydrogen) atoms. The van der Waals surface area contributed by atoms with Crippen LogP contribution in [0.3, 0.4) is 0 Å². The van der Waals surface area contributed by atoms with E-state index in [4.69, 9.17) is 0 Å². The number of aromatic nitrogens is 2. The lowest BCUT2D eigenvalue weighted by Crippen LogP contribution is -2.29. The number of nitrogens with one attached hydrogen (secondary N) is 3. The molecule has 9 heteroatoms. The second-order valence-corrected chi connectivity index (χ2v) is 7.47. The summed E-state index contributed by atoms with van der Waals surface area (Å²) in [6.07, 6.45) is -3.17. The number of carbonyl (C=O) groups is 1. The Bertz CT molecular complexity index is 1270. The van der Waals surface area contributed by atoms with E-state index in [1.807, 2.05) is 0 Å². The first kappa shape index (κ1) is 23.0. The van der Waals surface area contributed by atoms with Crippen LogP contribution in [0.25, 0.3) is 22.4 Å². The van der Waals surface area contributed by atoms with Crippen LogP contribution in [0, 0.1) is 5.82 Å². The Morgan fingerprint density at radius 1 is 0.912 bits per heavy atom. The number of alkyl halides is 3. The van der Waals surface area contributed by atoms with Crippen molar-refractivity contribution in [2.45, 2.75) is 6.18 Å². The number of amides is 1. The van der Waals surface area contributed by atoms with E-state index >= 15 is 0 Å². The molecule has 1 amide bonds. The quantitative estimate of drug-likeness (QED) is 0.239. The highest BCUT2D eigenvalue weighted by molar-refractivity contribution is 5.94. The monoisotopic (exact) mass is 468 g/mol. The van der Waals surface area contributed by atoms with Gasteiger partial charge in [-0.15, -0.1) is 0 Å². The van der Waals surface area contributed by atoms with E-state index in [2.05, 4.69) is 20.8 Å². The molecule has 0 spiro atoms. The maximum atomic E-state index is 13.8. The Hall–Kier alpha value is -4.14. The van der Waals surface area contributed by atoms with Gasteiger partial charge in [0.2, 0.25) is 0 Å². The molecule has 0 atom stereocenters. The summed E-state index contributed by atoms with van der Waals surface area (Å²) < 4.78 is 54.7. The van der Waals surface area contributed by atoms with Crippen LogP contribution in [0.5, 0.6) is 0 Å². The lowest BCUT2D eigenvalue weighted by Gasteiger charge is -2.16. The van der Waals surface area contributed by atoms with Crippen molar-refractivity contribution in [3.05, 3.63) is 95.9 Å². The smallest absolute Gasteiger partial charge is 0.383 e. The van der Waals surface area contributed by atoms with E-state index in [1.165, 1.54) is 36.5 Å². The van der Waals surface area contributed by atoms with Gasteiger partial charge in [-0.2, -0.15) is 18.3 Å². The van der Waals surface area contributed by atoms with Gasteiger partial charge in [-0.25, -0.2) is 4.39 Å². The predicted octanol–water partition coefficient (Wildman–Crippen LogP) is 5.74. The molecule has 0 saturated heterocycles. The first-order chi connectivity index (χ1) is 16.3. The highest BCUT2D eigenvalue weighted by Crippen LogP contribution is 2.39. The zero-order valence-corrected chi connectivity index (χ0v) is 17.8. The maximum Gasteiger partial charge on any atom is 0.418 e. The summed E-state index contributed by atoms with van der Waals surface area (Å²) in [5.41, 5.74) is 1.38. The minimum absolute atomic E-state index is 0.1000. The molecule has 0 aliphatic carbocycles. The molecule has 0 saturated carbocycles. The van der Waals surface area contributed by atoms with Gasteiger partial charge in [-0.1, -0.05) is 24.3 Å². The number of anilines is 1. The first-order valence-corrected chi connectivity index (χ1v) is 10.4. The Labute approximate surface area is 192 Å². The van der Waals surface area contributed by atoms with Crippen LogP contribution in [-0.2, 0) is 6.18 Å². The van der Waals surface area contributed by atoms with Crippen molar-refractivity contribution in [2.75, 3.05) is 18.4 Å². The van der Waals surface area contributed by atoms with Crippen molar-refractivity contribution in [1.82, 2.24) is 15.5 Å². The molecule has 174 valence electrons. The van der Waals surface area contributed by atoms with Gasteiger partial charge < -0.3 is 10.6 Å². The van der Waals surface area contributed by atoms with Crippen molar-refractivity contribution < 1.29 is 22.4 Å². The van der Waals surface area contributed by atoms with Crippen molar-refractivity contribution in [3.63, 3.8) is 0 Å². The fraction of sp³-hybridized carbons (Fsp3) is 0.120. The summed E-state index contributed by atoms with van der Waals surface area (Å²) in [4.78, 5) is 12.1. The molecular formula is C25H20F4N4O. The summed E-state index contributed by atoms with van der Waals surface area (Å²) in [5, 5.41) is 12.1. The van der Waals surface area contributed by atoms with Crippen LogP contribution in [-0.4, -0.2) is 29.2 Å². The predicted molar refractivity (Wildman–Crippen MR) is 122 cm³/mol. The van der Waals surface area contributed by atoms with E-state index in [0.717, 1.165) is 6.07 Å². The summed E-state index contributed by atoms with van der Waals surface area (Å²) in [6.45, 7) is 0.247. The Morgan fingerprint density at radius 3 is 2.32 bits per heavy atom. The van der Waals surface area contributed by atoms with Crippen molar-refractivity contribution in [2.24, 2.45) is 0 Å². The largest absolute Gasteiger partial charge is 0.418 e. The standard InChI is InChI=1S/C25H20F4N4O/c26-19-9-6-16(7-10-19)23-20(15-32-33-23)18-8-11-22(21(14-18)25(27,28)29)30-12-13-31-24(34)17-4-2-1-3-5-17/h1-11,14-15,30H,12-13H2,(H,31,34)(H,32,33). The van der Waals surface area contributed by atoms with Gasteiger partial charge in [-0.05, 0) is 54.1 Å². The van der Waals surface area contributed by atoms with Gasteiger partial charge in [0.25, 0.3) is 5.91 Å². The zero-order valence-electron chi connectivity index (χ0n) is 17.8. The van der Waals surface area contributed by atoms with Crippen LogP contribution < -0.4 is 10.6 Å². The SMILES string of the molecule is O=C(NCCNc1ccc(-c2cn[nH]c2-c2ccc(F)cc2)cc1C(F)(F)F)c1ccccc1. The average molecular weight is 468 g/mol. The molecule has 1 aromatic heterocycles. The molecule has 0 unspecified atom stereocenters. The van der Waals surface area contributed by atoms with Gasteiger partial charge in [0.1, 0.15) is 5.82 Å². The molecule has 3 aromatic carbocycles. The molecule has 0 fully saturated rings. The van der Waals surface area contributed by atoms with E-state index < -0.39 is 17.6 Å². The average Bonchev–Trinajstić information content (AvgIpc) is 3.32. The maximum absolute atomic E-state index is 13.8. The zero-order chi connectivity index (χ0) is 24.1. The molecule has 1 heterocycles. The number of rotatable bonds is 7. The van der Waals surface area contributed by atoms with E-state index in [9.17, 15) is 22.4 Å². The Kier molecular flexibility index (Phi) is 6.62. The van der Waals surface area contributed by atoms with Crippen LogP contribution in [0.15, 0.2) is 79.0 Å². The summed E-state index contributed by atoms with van der Waals surface area (Å²) in [6, 6.07) is 18.1. The first-order valence-electron chi connectivity index (χ1n) is 10.4. The number of hydrogen-bond donors (Lipinski definition) is 3. The number of hydrogen-bond acceptors (Lipinski definition) is 3. The molecule has 0 bridgehead atoms. The third kappa shape index (κ3) is 5.25. The molecule has 4 aromatic rings. The number of nitrogens with zero attached hydrogens (tertiary/aromatic N) is 1. The van der Waals surface area contributed by atoms with Gasteiger partial charge in [0.15, 0.2) is 0 Å². The van der Waals surface area contributed by atoms with E-state index in [-0.39, 0.29) is 24.7 Å². The number of halogens is 4. The van der Waals surface area contributed by atoms with Crippen LogP contribution in [0.4, 0.5) is 23.2 Å². The molecule has 0 aliphatic heterocycles. The van der Waals surface area contributed by atoms with Crippen LogP contribution in [0.2, 0.25) is 0 Å². The van der Waals surface area contributed by atoms with Crippen molar-refractivity contribution in [1.29, 1.82) is 0 Å². The topological polar surface area (TPSA) is 69.8 Å². The molecule has 5 nitrogen and oxygen atoms in total. The molecular weight excluding hydrogens is 448 g/mol. The Balaban J connectivity index is 1.51. The van der Waals surface area contributed by atoms with E-state index in [1.54, 1.807) is 36.4 Å². The van der Waals surface area contributed by atoms with Crippen molar-refractivity contribution >= 4 is 11.6 Å². The second kappa shape index (κ2) is 9.78. The van der Waals surface area contributed by atoms with Crippen LogP contribution >= 0.6 is 0 Å². The lowest BCUT2D eigenvalue weighted by molar-refractivity contribution is -0.136. The van der Waals surface area contributed by atoms with Gasteiger partial charge in [0.05, 0.1) is 17.5 Å². The Morgan fingerprint density at radius 2 is 1.62 bits per heavy atom. The fourth-order valence-electron chi connectivity index (χ4n) is 3.51.